The van der Waals surface area contributed by atoms with Gasteiger partial charge in [-0.05, 0) is 67.3 Å². The molecular weight excluding hydrogens is 503 g/mol. The zero-order chi connectivity index (χ0) is 27.6. The summed E-state index contributed by atoms with van der Waals surface area (Å²) in [6.45, 7) is 3.96. The maximum absolute atomic E-state index is 14.1. The van der Waals surface area contributed by atoms with E-state index in [9.17, 15) is 14.0 Å². The van der Waals surface area contributed by atoms with Crippen molar-refractivity contribution in [3.8, 4) is 11.1 Å². The molecule has 0 saturated carbocycles. The fourth-order valence-corrected chi connectivity index (χ4v) is 6.64. The Morgan fingerprint density at radius 2 is 1.82 bits per heavy atom. The summed E-state index contributed by atoms with van der Waals surface area (Å²) in [4.78, 5) is 36.2. The summed E-state index contributed by atoms with van der Waals surface area (Å²) < 4.78 is 14.1. The summed E-state index contributed by atoms with van der Waals surface area (Å²) in [7, 11) is 1.86. The number of aromatic nitrogens is 1. The Bertz CT molecular complexity index is 1380. The Balaban J connectivity index is 1.04. The molecule has 6 nitrogen and oxygen atoms in total. The number of benzene rings is 2. The van der Waals surface area contributed by atoms with Gasteiger partial charge in [0.1, 0.15) is 11.5 Å². The molecular formula is C33H37FN4O2. The zero-order valence-corrected chi connectivity index (χ0v) is 23.2. The molecule has 1 atom stereocenters. The average Bonchev–Trinajstić information content (AvgIpc) is 3.42. The van der Waals surface area contributed by atoms with Gasteiger partial charge in [0, 0.05) is 69.1 Å². The van der Waals surface area contributed by atoms with Gasteiger partial charge in [0.2, 0.25) is 5.91 Å². The number of amides is 2. The molecule has 208 valence electrons. The second kappa shape index (κ2) is 11.5. The van der Waals surface area contributed by atoms with Crippen LogP contribution in [-0.4, -0.2) is 70.3 Å². The first-order chi connectivity index (χ1) is 19.5. The van der Waals surface area contributed by atoms with Crippen LogP contribution in [0.4, 0.5) is 4.39 Å². The van der Waals surface area contributed by atoms with Crippen LogP contribution in [0.3, 0.4) is 0 Å². The number of pyridine rings is 1. The van der Waals surface area contributed by atoms with Crippen LogP contribution in [0.2, 0.25) is 0 Å². The van der Waals surface area contributed by atoms with Crippen molar-refractivity contribution in [3.63, 3.8) is 0 Å². The summed E-state index contributed by atoms with van der Waals surface area (Å²) in [6, 6.07) is 17.4. The van der Waals surface area contributed by atoms with Gasteiger partial charge in [-0.25, -0.2) is 4.39 Å². The van der Waals surface area contributed by atoms with E-state index in [2.05, 4.69) is 33.0 Å². The lowest BCUT2D eigenvalue weighted by atomic mass is 9.86. The van der Waals surface area contributed by atoms with Gasteiger partial charge in [-0.3, -0.25) is 19.5 Å². The highest BCUT2D eigenvalue weighted by molar-refractivity contribution is 5.92. The molecule has 7 heteroatoms. The molecule has 3 heterocycles. The first-order valence-corrected chi connectivity index (χ1v) is 14.6. The highest BCUT2D eigenvalue weighted by atomic mass is 19.1. The largest absolute Gasteiger partial charge is 0.340 e. The van der Waals surface area contributed by atoms with Crippen molar-refractivity contribution in [2.24, 2.45) is 0 Å². The van der Waals surface area contributed by atoms with E-state index >= 15 is 0 Å². The number of piperidine rings is 1. The lowest BCUT2D eigenvalue weighted by Gasteiger charge is -2.37. The fraction of sp³-hybridized carbons (Fsp3) is 0.424. The third kappa shape index (κ3) is 5.52. The predicted molar refractivity (Wildman–Crippen MR) is 153 cm³/mol. The van der Waals surface area contributed by atoms with Crippen molar-refractivity contribution >= 4 is 11.8 Å². The van der Waals surface area contributed by atoms with Crippen LogP contribution in [0.5, 0.6) is 0 Å². The van der Waals surface area contributed by atoms with Gasteiger partial charge in [0.15, 0.2) is 0 Å². The number of hydrogen-bond donors (Lipinski definition) is 0. The van der Waals surface area contributed by atoms with Crippen molar-refractivity contribution in [1.82, 2.24) is 19.7 Å². The van der Waals surface area contributed by atoms with Gasteiger partial charge in [-0.2, -0.15) is 0 Å². The van der Waals surface area contributed by atoms with Gasteiger partial charge >= 0.3 is 0 Å². The van der Waals surface area contributed by atoms with Crippen molar-refractivity contribution < 1.29 is 14.0 Å². The number of carbonyl (C=O) groups excluding carboxylic acids is 2. The number of likely N-dealkylation sites (N-methyl/N-ethyl adjacent to an activating group) is 1. The number of aryl methyl sites for hydroxylation is 1. The van der Waals surface area contributed by atoms with E-state index in [-0.39, 0.29) is 17.8 Å². The molecule has 6 rings (SSSR count). The molecule has 1 aliphatic carbocycles. The first kappa shape index (κ1) is 26.6. The standard InChI is InChI=1S/C33H37FN4O2/c1-36(33(40)31-13-11-26(21-35-31)29-5-2-3-6-30(29)34)28-12-10-24-19-23(8-9-25(24)20-28)22-37-17-14-27(15-18-37)38-16-4-7-32(38)39/h2-3,5-6,8-9,11,13,19,21,27-28H,4,7,10,12,14-18,20,22H2,1H3. The Labute approximate surface area is 235 Å². The number of nitrogens with zero attached hydrogens (tertiary/aromatic N) is 4. The van der Waals surface area contributed by atoms with E-state index in [1.54, 1.807) is 36.5 Å². The molecule has 0 radical (unpaired) electrons. The highest BCUT2D eigenvalue weighted by Crippen LogP contribution is 2.28. The Morgan fingerprint density at radius 3 is 2.55 bits per heavy atom. The molecule has 2 amide bonds. The fourth-order valence-electron chi connectivity index (χ4n) is 6.64. The van der Waals surface area contributed by atoms with Crippen molar-refractivity contribution in [2.45, 2.75) is 63.6 Å². The van der Waals surface area contributed by atoms with Crippen LogP contribution in [0.1, 0.15) is 59.3 Å². The molecule has 2 saturated heterocycles. The molecule has 1 aromatic heterocycles. The summed E-state index contributed by atoms with van der Waals surface area (Å²) in [5.74, 6) is -0.0683. The van der Waals surface area contributed by atoms with Crippen molar-refractivity contribution in [1.29, 1.82) is 0 Å². The molecule has 0 spiro atoms. The lowest BCUT2D eigenvalue weighted by molar-refractivity contribution is -0.130. The van der Waals surface area contributed by atoms with E-state index in [1.807, 2.05) is 11.9 Å². The lowest BCUT2D eigenvalue weighted by Crippen LogP contribution is -2.45. The van der Waals surface area contributed by atoms with Gasteiger partial charge in [0.05, 0.1) is 0 Å². The molecule has 40 heavy (non-hydrogen) atoms. The maximum atomic E-state index is 14.1. The summed E-state index contributed by atoms with van der Waals surface area (Å²) >= 11 is 0. The second-order valence-corrected chi connectivity index (χ2v) is 11.5. The topological polar surface area (TPSA) is 56.8 Å². The minimum atomic E-state index is -0.302. The number of likely N-dealkylation sites (tertiary alicyclic amines) is 2. The molecule has 2 aromatic carbocycles. The third-order valence-corrected chi connectivity index (χ3v) is 9.02. The molecule has 2 aliphatic heterocycles. The monoisotopic (exact) mass is 540 g/mol. The van der Waals surface area contributed by atoms with E-state index in [4.69, 9.17) is 0 Å². The highest BCUT2D eigenvalue weighted by Gasteiger charge is 2.31. The molecule has 0 bridgehead atoms. The quantitative estimate of drug-likeness (QED) is 0.436. The first-order valence-electron chi connectivity index (χ1n) is 14.6. The number of halogens is 1. The molecule has 3 aromatic rings. The average molecular weight is 541 g/mol. The third-order valence-electron chi connectivity index (χ3n) is 9.02. The normalized spacial score (nSPS) is 20.0. The number of fused-ring (bicyclic) bond motifs is 1. The van der Waals surface area contributed by atoms with Crippen LogP contribution >= 0.6 is 0 Å². The van der Waals surface area contributed by atoms with Gasteiger partial charge < -0.3 is 9.80 Å². The SMILES string of the molecule is CN(C(=O)c1ccc(-c2ccccc2F)cn1)C1CCc2cc(CN3CCC(N4CCCC4=O)CC3)ccc2C1. The van der Waals surface area contributed by atoms with Crippen LogP contribution in [-0.2, 0) is 24.2 Å². The van der Waals surface area contributed by atoms with Crippen LogP contribution in [0.15, 0.2) is 60.8 Å². The van der Waals surface area contributed by atoms with E-state index in [1.165, 1.54) is 22.8 Å². The van der Waals surface area contributed by atoms with Gasteiger partial charge in [-0.1, -0.05) is 42.5 Å². The zero-order valence-electron chi connectivity index (χ0n) is 23.2. The number of rotatable bonds is 6. The molecule has 2 fully saturated rings. The Hall–Kier alpha value is -3.58. The van der Waals surface area contributed by atoms with E-state index in [0.29, 0.717) is 28.8 Å². The minimum absolute atomic E-state index is 0.107. The van der Waals surface area contributed by atoms with Gasteiger partial charge in [0.25, 0.3) is 5.91 Å². The van der Waals surface area contributed by atoms with Crippen molar-refractivity contribution in [2.75, 3.05) is 26.7 Å². The van der Waals surface area contributed by atoms with Crippen LogP contribution in [0.25, 0.3) is 11.1 Å². The molecule has 0 N–H and O–H groups in total. The Kier molecular flexibility index (Phi) is 7.65. The second-order valence-electron chi connectivity index (χ2n) is 11.5. The predicted octanol–water partition coefficient (Wildman–Crippen LogP) is 5.10. The summed E-state index contributed by atoms with van der Waals surface area (Å²) in [5.41, 5.74) is 5.56. The minimum Gasteiger partial charge on any atom is -0.340 e. The summed E-state index contributed by atoms with van der Waals surface area (Å²) in [5, 5.41) is 0. The van der Waals surface area contributed by atoms with E-state index < -0.39 is 0 Å². The maximum Gasteiger partial charge on any atom is 0.272 e. The van der Waals surface area contributed by atoms with Crippen LogP contribution in [0, 0.1) is 5.82 Å². The summed E-state index contributed by atoms with van der Waals surface area (Å²) in [6.07, 6.45) is 8.15. The smallest absolute Gasteiger partial charge is 0.272 e. The molecule has 3 aliphatic rings. The molecule has 1 unspecified atom stereocenters. The Morgan fingerprint density at radius 1 is 1.00 bits per heavy atom. The van der Waals surface area contributed by atoms with E-state index in [0.717, 1.165) is 71.1 Å². The number of hydrogen-bond acceptors (Lipinski definition) is 4. The number of carbonyl (C=O) groups is 2. The van der Waals surface area contributed by atoms with Gasteiger partial charge in [-0.15, -0.1) is 0 Å². The van der Waals surface area contributed by atoms with Crippen LogP contribution < -0.4 is 0 Å². The van der Waals surface area contributed by atoms with Crippen molar-refractivity contribution in [3.05, 3.63) is 89.0 Å².